The number of aliphatic carboxylic acids is 1. The molecule has 0 aliphatic carbocycles. The summed E-state index contributed by atoms with van der Waals surface area (Å²) in [7, 11) is 0. The number of carbonyl (C=O) groups excluding carboxylic acids is 1. The monoisotopic (exact) mass is 442 g/mol. The van der Waals surface area contributed by atoms with Crippen LogP contribution in [0.1, 0.15) is 38.7 Å². The van der Waals surface area contributed by atoms with Gasteiger partial charge in [-0.15, -0.1) is 13.2 Å². The molecular weight excluding hydrogens is 407 g/mol. The Balaban J connectivity index is 0. The first-order valence-corrected chi connectivity index (χ1v) is 9.85. The molecule has 2 fully saturated rings. The zero-order valence-corrected chi connectivity index (χ0v) is 18.3. The molecule has 3 rings (SSSR count). The molecule has 0 saturated carbocycles. The van der Waals surface area contributed by atoms with E-state index >= 15 is 0 Å². The summed E-state index contributed by atoms with van der Waals surface area (Å²) in [5.41, 5.74) is -0.493. The third-order valence-electron chi connectivity index (χ3n) is 5.37. The summed E-state index contributed by atoms with van der Waals surface area (Å²) < 4.78 is 15.8. The summed E-state index contributed by atoms with van der Waals surface area (Å²) in [5, 5.41) is 8.84. The van der Waals surface area contributed by atoms with Gasteiger partial charge in [-0.2, -0.15) is 0 Å². The van der Waals surface area contributed by atoms with Crippen LogP contribution in [0.15, 0.2) is 55.6 Å². The van der Waals surface area contributed by atoms with E-state index in [1.165, 1.54) is 6.08 Å². The molecule has 2 aliphatic heterocycles. The molecule has 2 aliphatic rings. The van der Waals surface area contributed by atoms with Crippen molar-refractivity contribution >= 4 is 11.9 Å². The molecular formula is C24H35LiO7. The van der Waals surface area contributed by atoms with Crippen molar-refractivity contribution < 1.29 is 53.2 Å². The molecule has 2 saturated heterocycles. The topological polar surface area (TPSA) is 112 Å². The predicted molar refractivity (Wildman–Crippen MR) is 118 cm³/mol. The minimum Gasteiger partial charge on any atom is -0.870 e. The third-order valence-corrected chi connectivity index (χ3v) is 5.37. The molecule has 8 heteroatoms. The second kappa shape index (κ2) is 15.8. The van der Waals surface area contributed by atoms with Crippen LogP contribution < -0.4 is 18.9 Å². The van der Waals surface area contributed by atoms with E-state index in [9.17, 15) is 9.59 Å². The number of rotatable bonds is 6. The van der Waals surface area contributed by atoms with E-state index in [1.807, 2.05) is 30.3 Å². The van der Waals surface area contributed by atoms with Gasteiger partial charge in [0.1, 0.15) is 17.4 Å². The number of hydrogen-bond donors (Lipinski definition) is 1. The Morgan fingerprint density at radius 1 is 1.00 bits per heavy atom. The van der Waals surface area contributed by atoms with Crippen LogP contribution in [0.5, 0.6) is 0 Å². The summed E-state index contributed by atoms with van der Waals surface area (Å²) in [5.74, 6) is -1.06. The third kappa shape index (κ3) is 8.57. The van der Waals surface area contributed by atoms with Crippen molar-refractivity contribution in [2.75, 3.05) is 26.4 Å². The Kier molecular flexibility index (Phi) is 16.0. The van der Waals surface area contributed by atoms with Crippen LogP contribution >= 0.6 is 0 Å². The Bertz CT molecular complexity index is 694. The summed E-state index contributed by atoms with van der Waals surface area (Å²) in [6.07, 6.45) is 6.22. The normalized spacial score (nSPS) is 23.9. The molecule has 32 heavy (non-hydrogen) atoms. The average Bonchev–Trinajstić information content (AvgIpc) is 2.79. The summed E-state index contributed by atoms with van der Waals surface area (Å²) in [6.45, 7) is 9.60. The molecule has 2 atom stereocenters. The first-order valence-electron chi connectivity index (χ1n) is 9.85. The van der Waals surface area contributed by atoms with Gasteiger partial charge in [0, 0.05) is 13.2 Å². The molecule has 1 aromatic rings. The number of benzene rings is 1. The smallest absolute Gasteiger partial charge is 0.870 e. The van der Waals surface area contributed by atoms with Crippen molar-refractivity contribution in [2.24, 2.45) is 10.8 Å². The van der Waals surface area contributed by atoms with Crippen LogP contribution in [-0.4, -0.2) is 48.9 Å². The fourth-order valence-electron chi connectivity index (χ4n) is 3.32. The second-order valence-electron chi connectivity index (χ2n) is 7.40. The minimum absolute atomic E-state index is 0. The molecule has 1 aromatic carbocycles. The van der Waals surface area contributed by atoms with E-state index in [2.05, 4.69) is 13.2 Å². The van der Waals surface area contributed by atoms with E-state index in [-0.39, 0.29) is 44.3 Å². The summed E-state index contributed by atoms with van der Waals surface area (Å²) in [4.78, 5) is 22.9. The number of esters is 1. The molecule has 0 bridgehead atoms. The quantitative estimate of drug-likeness (QED) is 0.401. The molecule has 0 radical (unpaired) electrons. The Morgan fingerprint density at radius 2 is 1.50 bits per heavy atom. The van der Waals surface area contributed by atoms with Crippen molar-refractivity contribution in [1.29, 1.82) is 0 Å². The van der Waals surface area contributed by atoms with Crippen LogP contribution in [0, 0.1) is 10.8 Å². The van der Waals surface area contributed by atoms with Crippen LogP contribution in [0.3, 0.4) is 0 Å². The first-order chi connectivity index (χ1) is 14.0. The van der Waals surface area contributed by atoms with Crippen molar-refractivity contribution in [3.05, 3.63) is 61.2 Å². The molecule has 174 valence electrons. The van der Waals surface area contributed by atoms with Gasteiger partial charge < -0.3 is 24.8 Å². The fraction of sp³-hybridized carbons (Fsp3) is 0.500. The number of carbonyl (C=O) groups is 2. The van der Waals surface area contributed by atoms with Gasteiger partial charge >= 0.3 is 30.8 Å². The van der Waals surface area contributed by atoms with Crippen molar-refractivity contribution in [2.45, 2.75) is 39.7 Å². The molecule has 2 N–H and O–H groups in total. The first kappa shape index (κ1) is 32.3. The van der Waals surface area contributed by atoms with Gasteiger partial charge in [-0.3, -0.25) is 9.59 Å². The SMILES string of the molecule is C.C=CC1(C(=O)O)CCCOC1.C=CC1(C(=O)OCc2ccccc2)CCCOC1.[Li+].[OH-]. The van der Waals surface area contributed by atoms with E-state index < -0.39 is 16.8 Å². The molecule has 0 amide bonds. The van der Waals surface area contributed by atoms with Gasteiger partial charge in [0.05, 0.1) is 13.2 Å². The number of hydrogen-bond acceptors (Lipinski definition) is 6. The van der Waals surface area contributed by atoms with E-state index in [0.717, 1.165) is 24.8 Å². The Labute approximate surface area is 203 Å². The molecule has 2 heterocycles. The predicted octanol–water partition coefficient (Wildman–Crippen LogP) is 1.23. The zero-order chi connectivity index (χ0) is 21.2. The van der Waals surface area contributed by atoms with Crippen molar-refractivity contribution in [1.82, 2.24) is 0 Å². The van der Waals surface area contributed by atoms with Gasteiger partial charge in [0.25, 0.3) is 0 Å². The maximum absolute atomic E-state index is 12.2. The summed E-state index contributed by atoms with van der Waals surface area (Å²) >= 11 is 0. The van der Waals surface area contributed by atoms with Gasteiger partial charge in [-0.05, 0) is 31.2 Å². The molecule has 0 spiro atoms. The van der Waals surface area contributed by atoms with Crippen LogP contribution in [-0.2, 0) is 30.4 Å². The number of carboxylic acid groups (broad SMARTS) is 1. The molecule has 7 nitrogen and oxygen atoms in total. The van der Waals surface area contributed by atoms with Crippen molar-refractivity contribution in [3.63, 3.8) is 0 Å². The standard InChI is InChI=1S/C15H18O3.C8H12O3.CH4.Li.H2O/c1-2-15(9-6-10-17-12-15)14(16)18-11-13-7-4-3-5-8-13;1-2-8(7(9)10)4-3-5-11-6-8;;;/h2-5,7-8H,1,6,9-12H2;2H,1,3-6H2,(H,9,10);1H4;;1H2/q;;;+1;/p-1. The Morgan fingerprint density at radius 3 is 1.88 bits per heavy atom. The molecule has 2 unspecified atom stereocenters. The van der Waals surface area contributed by atoms with E-state index in [1.54, 1.807) is 6.08 Å². The average molecular weight is 442 g/mol. The largest absolute Gasteiger partial charge is 1.00 e. The van der Waals surface area contributed by atoms with E-state index in [4.69, 9.17) is 19.3 Å². The summed E-state index contributed by atoms with van der Waals surface area (Å²) in [6, 6.07) is 9.66. The number of ether oxygens (including phenoxy) is 3. The molecule has 0 aromatic heterocycles. The Hall–Kier alpha value is -1.88. The van der Waals surface area contributed by atoms with Gasteiger partial charge in [0.15, 0.2) is 0 Å². The number of carboxylic acids is 1. The maximum atomic E-state index is 12.2. The van der Waals surface area contributed by atoms with Gasteiger partial charge in [-0.25, -0.2) is 0 Å². The van der Waals surface area contributed by atoms with Gasteiger partial charge in [0.2, 0.25) is 0 Å². The minimum atomic E-state index is -0.827. The van der Waals surface area contributed by atoms with Gasteiger partial charge in [-0.1, -0.05) is 49.9 Å². The maximum Gasteiger partial charge on any atom is 1.00 e. The second-order valence-corrected chi connectivity index (χ2v) is 7.40. The van der Waals surface area contributed by atoms with Crippen LogP contribution in [0.25, 0.3) is 0 Å². The van der Waals surface area contributed by atoms with E-state index in [0.29, 0.717) is 32.8 Å². The van der Waals surface area contributed by atoms with Crippen LogP contribution in [0.4, 0.5) is 0 Å². The fourth-order valence-corrected chi connectivity index (χ4v) is 3.32. The zero-order valence-electron chi connectivity index (χ0n) is 18.3. The van der Waals surface area contributed by atoms with Crippen molar-refractivity contribution in [3.8, 4) is 0 Å². The van der Waals surface area contributed by atoms with Crippen LogP contribution in [0.2, 0.25) is 0 Å².